The number of nitrogens with zero attached hydrogens (tertiary/aromatic N) is 4. The molecule has 0 bridgehead atoms. The van der Waals surface area contributed by atoms with Crippen LogP contribution in [0.4, 0.5) is 5.95 Å². The number of pyridine rings is 1. The maximum absolute atomic E-state index is 12.5. The Labute approximate surface area is 149 Å². The number of imidazole rings is 1. The van der Waals surface area contributed by atoms with Gasteiger partial charge in [0.2, 0.25) is 5.95 Å². The number of benzene rings is 1. The van der Waals surface area contributed by atoms with Crippen molar-refractivity contribution in [1.29, 1.82) is 0 Å². The first kappa shape index (κ1) is 15.8. The number of aromatic nitrogens is 5. The van der Waals surface area contributed by atoms with Crippen molar-refractivity contribution < 1.29 is 4.79 Å². The summed E-state index contributed by atoms with van der Waals surface area (Å²) in [6.07, 6.45) is 3.42. The maximum atomic E-state index is 12.5. The van der Waals surface area contributed by atoms with Crippen molar-refractivity contribution in [3.63, 3.8) is 0 Å². The fraction of sp³-hybridized carbons (Fsp3) is 0.0526. The smallest absolute Gasteiger partial charge is 0.275 e. The van der Waals surface area contributed by atoms with Gasteiger partial charge in [0.1, 0.15) is 11.4 Å². The number of H-pyrrole nitrogens is 1. The molecule has 0 aliphatic heterocycles. The number of rotatable bonds is 4. The van der Waals surface area contributed by atoms with Crippen molar-refractivity contribution in [2.24, 2.45) is 7.05 Å². The first-order valence-electron chi connectivity index (χ1n) is 8.07. The van der Waals surface area contributed by atoms with Gasteiger partial charge in [-0.05, 0) is 23.8 Å². The molecule has 1 amide bonds. The lowest BCUT2D eigenvalue weighted by atomic mass is 10.2. The molecule has 0 atom stereocenters. The molecule has 0 unspecified atom stereocenters. The molecule has 128 valence electrons. The minimum Gasteiger partial charge on any atom is -0.313 e. The molecule has 7 nitrogen and oxygen atoms in total. The van der Waals surface area contributed by atoms with E-state index in [4.69, 9.17) is 0 Å². The van der Waals surface area contributed by atoms with Crippen LogP contribution in [-0.2, 0) is 7.05 Å². The van der Waals surface area contributed by atoms with E-state index < -0.39 is 0 Å². The van der Waals surface area contributed by atoms with Gasteiger partial charge in [-0.25, -0.2) is 4.98 Å². The largest absolute Gasteiger partial charge is 0.313 e. The third-order valence-electron chi connectivity index (χ3n) is 4.03. The summed E-state index contributed by atoms with van der Waals surface area (Å²) >= 11 is 0. The van der Waals surface area contributed by atoms with Gasteiger partial charge >= 0.3 is 0 Å². The highest BCUT2D eigenvalue weighted by Gasteiger charge is 2.15. The van der Waals surface area contributed by atoms with E-state index in [0.717, 1.165) is 11.3 Å². The molecule has 3 aromatic heterocycles. The molecule has 0 aliphatic rings. The van der Waals surface area contributed by atoms with Crippen LogP contribution in [0.15, 0.2) is 67.0 Å². The second-order valence-corrected chi connectivity index (χ2v) is 5.73. The van der Waals surface area contributed by atoms with Crippen LogP contribution in [0.25, 0.3) is 22.6 Å². The normalized spacial score (nSPS) is 10.7. The number of amides is 1. The first-order valence-corrected chi connectivity index (χ1v) is 8.07. The predicted octanol–water partition coefficient (Wildman–Crippen LogP) is 3.12. The summed E-state index contributed by atoms with van der Waals surface area (Å²) < 4.78 is 1.84. The van der Waals surface area contributed by atoms with Crippen LogP contribution >= 0.6 is 0 Å². The standard InChI is InChI=1S/C19H16N6O/c1-25-17(13-7-3-2-4-8-13)12-21-19(25)22-18(26)16-11-15(23-24-16)14-9-5-6-10-20-14/h2-12H,1H3,(H,23,24)(H,21,22,26). The van der Waals surface area contributed by atoms with Gasteiger partial charge in [-0.15, -0.1) is 0 Å². The molecular formula is C19H16N6O. The van der Waals surface area contributed by atoms with Crippen LogP contribution < -0.4 is 5.32 Å². The molecule has 7 heteroatoms. The first-order chi connectivity index (χ1) is 12.7. The van der Waals surface area contributed by atoms with Gasteiger partial charge in [-0.3, -0.25) is 20.2 Å². The Bertz CT molecular complexity index is 1040. The molecule has 4 rings (SSSR count). The molecule has 26 heavy (non-hydrogen) atoms. The molecule has 4 aromatic rings. The van der Waals surface area contributed by atoms with Crippen molar-refractivity contribution in [3.05, 3.63) is 72.7 Å². The summed E-state index contributed by atoms with van der Waals surface area (Å²) in [5.74, 6) is 0.149. The van der Waals surface area contributed by atoms with Gasteiger partial charge in [-0.1, -0.05) is 36.4 Å². The molecule has 0 fully saturated rings. The Morgan fingerprint density at radius 1 is 1.04 bits per heavy atom. The lowest BCUT2D eigenvalue weighted by molar-refractivity contribution is 0.102. The van der Waals surface area contributed by atoms with Crippen molar-refractivity contribution in [1.82, 2.24) is 24.7 Å². The third kappa shape index (κ3) is 2.98. The maximum Gasteiger partial charge on any atom is 0.275 e. The molecule has 0 saturated heterocycles. The summed E-state index contributed by atoms with van der Waals surface area (Å²) in [4.78, 5) is 21.0. The van der Waals surface area contributed by atoms with Crippen molar-refractivity contribution in [3.8, 4) is 22.6 Å². The Hall–Kier alpha value is -3.74. The van der Waals surface area contributed by atoms with E-state index in [1.54, 1.807) is 18.5 Å². The molecule has 0 radical (unpaired) electrons. The van der Waals surface area contributed by atoms with E-state index in [-0.39, 0.29) is 5.91 Å². The van der Waals surface area contributed by atoms with Crippen molar-refractivity contribution >= 4 is 11.9 Å². The van der Waals surface area contributed by atoms with E-state index >= 15 is 0 Å². The summed E-state index contributed by atoms with van der Waals surface area (Å²) in [5, 5.41) is 9.69. The third-order valence-corrected chi connectivity index (χ3v) is 4.03. The molecule has 1 aromatic carbocycles. The number of aromatic amines is 1. The fourth-order valence-electron chi connectivity index (χ4n) is 2.66. The Morgan fingerprint density at radius 2 is 1.85 bits per heavy atom. The molecule has 0 saturated carbocycles. The molecule has 0 aliphatic carbocycles. The zero-order valence-corrected chi connectivity index (χ0v) is 14.0. The number of hydrogen-bond acceptors (Lipinski definition) is 4. The number of carbonyl (C=O) groups excluding carboxylic acids is 1. The van der Waals surface area contributed by atoms with Gasteiger partial charge in [0.15, 0.2) is 0 Å². The van der Waals surface area contributed by atoms with Crippen LogP contribution in [0.1, 0.15) is 10.5 Å². The lowest BCUT2D eigenvalue weighted by Crippen LogP contribution is -2.15. The number of carbonyl (C=O) groups is 1. The number of anilines is 1. The second-order valence-electron chi connectivity index (χ2n) is 5.73. The monoisotopic (exact) mass is 344 g/mol. The van der Waals surface area contributed by atoms with Crippen LogP contribution in [0.5, 0.6) is 0 Å². The van der Waals surface area contributed by atoms with Crippen LogP contribution in [-0.4, -0.2) is 30.6 Å². The number of nitrogens with one attached hydrogen (secondary N) is 2. The predicted molar refractivity (Wildman–Crippen MR) is 98.4 cm³/mol. The minimum absolute atomic E-state index is 0.312. The van der Waals surface area contributed by atoms with E-state index in [0.29, 0.717) is 23.0 Å². The quantitative estimate of drug-likeness (QED) is 0.595. The molecule has 3 heterocycles. The van der Waals surface area contributed by atoms with Crippen LogP contribution in [0.3, 0.4) is 0 Å². The van der Waals surface area contributed by atoms with Gasteiger partial charge in [0, 0.05) is 13.2 Å². The summed E-state index contributed by atoms with van der Waals surface area (Å²) in [5.41, 5.74) is 3.60. The highest BCUT2D eigenvalue weighted by Crippen LogP contribution is 2.22. The zero-order chi connectivity index (χ0) is 17.9. The van der Waals surface area contributed by atoms with E-state index in [2.05, 4.69) is 25.5 Å². The Kier molecular flexibility index (Phi) is 4.03. The average molecular weight is 344 g/mol. The van der Waals surface area contributed by atoms with Crippen LogP contribution in [0, 0.1) is 0 Å². The Balaban J connectivity index is 1.54. The minimum atomic E-state index is -0.312. The highest BCUT2D eigenvalue weighted by atomic mass is 16.2. The summed E-state index contributed by atoms with van der Waals surface area (Å²) in [6.45, 7) is 0. The van der Waals surface area contributed by atoms with Gasteiger partial charge in [0.05, 0.1) is 17.6 Å². The lowest BCUT2D eigenvalue weighted by Gasteiger charge is -2.06. The van der Waals surface area contributed by atoms with Crippen molar-refractivity contribution in [2.75, 3.05) is 5.32 Å². The fourth-order valence-corrected chi connectivity index (χ4v) is 2.66. The molecule has 0 spiro atoms. The molecule has 2 N–H and O–H groups in total. The average Bonchev–Trinajstić information content (AvgIpc) is 3.31. The SMILES string of the molecule is Cn1c(-c2ccccc2)cnc1NC(=O)c1cc(-c2ccccn2)n[nH]1. The Morgan fingerprint density at radius 3 is 2.62 bits per heavy atom. The van der Waals surface area contributed by atoms with Gasteiger partial charge < -0.3 is 4.57 Å². The zero-order valence-electron chi connectivity index (χ0n) is 14.0. The van der Waals surface area contributed by atoms with E-state index in [1.165, 1.54) is 0 Å². The second kappa shape index (κ2) is 6.64. The van der Waals surface area contributed by atoms with Crippen molar-refractivity contribution in [2.45, 2.75) is 0 Å². The summed E-state index contributed by atoms with van der Waals surface area (Å²) in [6, 6.07) is 17.1. The van der Waals surface area contributed by atoms with Gasteiger partial charge in [0.25, 0.3) is 5.91 Å². The topological polar surface area (TPSA) is 88.5 Å². The molecular weight excluding hydrogens is 328 g/mol. The number of hydrogen-bond donors (Lipinski definition) is 2. The highest BCUT2D eigenvalue weighted by molar-refractivity contribution is 6.02. The van der Waals surface area contributed by atoms with Crippen LogP contribution in [0.2, 0.25) is 0 Å². The van der Waals surface area contributed by atoms with E-state index in [9.17, 15) is 4.79 Å². The van der Waals surface area contributed by atoms with Gasteiger partial charge in [-0.2, -0.15) is 5.10 Å². The summed E-state index contributed by atoms with van der Waals surface area (Å²) in [7, 11) is 1.86. The van der Waals surface area contributed by atoms with E-state index in [1.807, 2.05) is 60.1 Å².